The van der Waals surface area contributed by atoms with Crippen LogP contribution in [-0.4, -0.2) is 42.8 Å². The average Bonchev–Trinajstić information content (AvgIpc) is 3.09. The van der Waals surface area contributed by atoms with E-state index in [1.807, 2.05) is 52.0 Å². The Labute approximate surface area is 175 Å². The highest BCUT2D eigenvalue weighted by molar-refractivity contribution is 7.93. The number of amides is 1. The smallest absolute Gasteiger partial charge is 0.266 e. The molecule has 0 aliphatic heterocycles. The number of aromatic nitrogens is 1. The number of nitrogens with zero attached hydrogens (tertiary/aromatic N) is 3. The third-order valence-corrected chi connectivity index (χ3v) is 7.43. The Bertz CT molecular complexity index is 1050. The zero-order chi connectivity index (χ0) is 21.2. The molecule has 1 heterocycles. The predicted molar refractivity (Wildman–Crippen MR) is 118 cm³/mol. The maximum absolute atomic E-state index is 13.4. The molecule has 3 rings (SSSR count). The van der Waals surface area contributed by atoms with E-state index in [-0.39, 0.29) is 34.6 Å². The number of benzene rings is 2. The maximum Gasteiger partial charge on any atom is 0.266 e. The summed E-state index contributed by atoms with van der Waals surface area (Å²) in [5, 5.41) is 0.288. The van der Waals surface area contributed by atoms with Gasteiger partial charge < -0.3 is 4.90 Å². The molecule has 0 aliphatic carbocycles. The fourth-order valence-electron chi connectivity index (χ4n) is 3.32. The molecule has 0 aliphatic rings. The molecular formula is C21H25N3O3S2. The van der Waals surface area contributed by atoms with Crippen molar-refractivity contribution in [3.05, 3.63) is 54.6 Å². The maximum atomic E-state index is 13.4. The number of hydrogen-bond acceptors (Lipinski definition) is 5. The lowest BCUT2D eigenvalue weighted by Gasteiger charge is -2.32. The Morgan fingerprint density at radius 1 is 0.966 bits per heavy atom. The first-order valence-corrected chi connectivity index (χ1v) is 11.7. The first-order valence-electron chi connectivity index (χ1n) is 9.46. The van der Waals surface area contributed by atoms with Crippen LogP contribution in [0.3, 0.4) is 0 Å². The van der Waals surface area contributed by atoms with Crippen LogP contribution in [0.15, 0.2) is 59.5 Å². The highest BCUT2D eigenvalue weighted by Crippen LogP contribution is 2.32. The molecule has 0 radical (unpaired) electrons. The third kappa shape index (κ3) is 4.43. The number of para-hydroxylation sites is 1. The van der Waals surface area contributed by atoms with Crippen LogP contribution in [0.4, 0.5) is 5.13 Å². The van der Waals surface area contributed by atoms with Gasteiger partial charge >= 0.3 is 0 Å². The molecule has 2 aromatic carbocycles. The zero-order valence-electron chi connectivity index (χ0n) is 16.9. The van der Waals surface area contributed by atoms with Crippen molar-refractivity contribution in [2.24, 2.45) is 0 Å². The van der Waals surface area contributed by atoms with Gasteiger partial charge in [-0.05, 0) is 52.0 Å². The SMILES string of the molecule is CC(C)N(C(=O)CN(c1nc2ccccc2s1)S(=O)(=O)c1ccccc1)C(C)C. The lowest BCUT2D eigenvalue weighted by atomic mass is 10.2. The van der Waals surface area contributed by atoms with Gasteiger partial charge in [-0.15, -0.1) is 0 Å². The van der Waals surface area contributed by atoms with E-state index in [0.29, 0.717) is 5.52 Å². The van der Waals surface area contributed by atoms with Gasteiger partial charge in [0.2, 0.25) is 11.0 Å². The first kappa shape index (κ1) is 21.3. The first-order chi connectivity index (χ1) is 13.7. The molecule has 0 bridgehead atoms. The van der Waals surface area contributed by atoms with Crippen molar-refractivity contribution in [1.29, 1.82) is 0 Å². The monoisotopic (exact) mass is 431 g/mol. The molecule has 0 spiro atoms. The summed E-state index contributed by atoms with van der Waals surface area (Å²) >= 11 is 1.26. The van der Waals surface area contributed by atoms with Gasteiger partial charge in [-0.2, -0.15) is 0 Å². The molecule has 8 heteroatoms. The van der Waals surface area contributed by atoms with E-state index in [4.69, 9.17) is 0 Å². The Kier molecular flexibility index (Phi) is 6.24. The van der Waals surface area contributed by atoms with Gasteiger partial charge in [0.15, 0.2) is 0 Å². The molecule has 1 amide bonds. The molecule has 29 heavy (non-hydrogen) atoms. The predicted octanol–water partition coefficient (Wildman–Crippen LogP) is 4.14. The standard InChI is InChI=1S/C21H25N3O3S2/c1-15(2)24(16(3)4)20(25)14-23(29(26,27)17-10-6-5-7-11-17)21-22-18-12-8-9-13-19(18)28-21/h5-13,15-16H,14H2,1-4H3. The summed E-state index contributed by atoms with van der Waals surface area (Å²) in [5.41, 5.74) is 0.706. The molecule has 0 unspecified atom stereocenters. The highest BCUT2D eigenvalue weighted by Gasteiger charge is 2.32. The van der Waals surface area contributed by atoms with Crippen LogP contribution in [0.5, 0.6) is 0 Å². The minimum absolute atomic E-state index is 0.0425. The van der Waals surface area contributed by atoms with Crippen LogP contribution in [0.2, 0.25) is 0 Å². The van der Waals surface area contributed by atoms with Crippen molar-refractivity contribution in [2.45, 2.75) is 44.7 Å². The lowest BCUT2D eigenvalue weighted by Crippen LogP contribution is -2.48. The van der Waals surface area contributed by atoms with Crippen molar-refractivity contribution >= 4 is 42.6 Å². The van der Waals surface area contributed by atoms with E-state index in [9.17, 15) is 13.2 Å². The van der Waals surface area contributed by atoms with Crippen molar-refractivity contribution < 1.29 is 13.2 Å². The van der Waals surface area contributed by atoms with Crippen LogP contribution >= 0.6 is 11.3 Å². The van der Waals surface area contributed by atoms with Gasteiger partial charge in [-0.1, -0.05) is 41.7 Å². The second kappa shape index (κ2) is 8.51. The van der Waals surface area contributed by atoms with E-state index < -0.39 is 10.0 Å². The number of sulfonamides is 1. The summed E-state index contributed by atoms with van der Waals surface area (Å²) in [4.78, 5) is 19.4. The minimum atomic E-state index is -3.95. The van der Waals surface area contributed by atoms with Gasteiger partial charge in [0.1, 0.15) is 6.54 Å². The van der Waals surface area contributed by atoms with E-state index >= 15 is 0 Å². The Morgan fingerprint density at radius 3 is 2.14 bits per heavy atom. The number of carbonyl (C=O) groups excluding carboxylic acids is 1. The Hall–Kier alpha value is -2.45. The van der Waals surface area contributed by atoms with Crippen molar-refractivity contribution in [1.82, 2.24) is 9.88 Å². The summed E-state index contributed by atoms with van der Waals surface area (Å²) in [6.07, 6.45) is 0. The van der Waals surface area contributed by atoms with Crippen LogP contribution < -0.4 is 4.31 Å². The second-order valence-electron chi connectivity index (χ2n) is 7.28. The number of thiazole rings is 1. The summed E-state index contributed by atoms with van der Waals surface area (Å²) in [6, 6.07) is 15.5. The average molecular weight is 432 g/mol. The minimum Gasteiger partial charge on any atom is -0.336 e. The van der Waals surface area contributed by atoms with Crippen LogP contribution in [-0.2, 0) is 14.8 Å². The quantitative estimate of drug-likeness (QED) is 0.564. The molecule has 0 saturated carbocycles. The van der Waals surface area contributed by atoms with E-state index in [1.165, 1.54) is 23.5 Å². The number of anilines is 1. The Balaban J connectivity index is 2.08. The normalized spacial score (nSPS) is 11.9. The fraction of sp³-hybridized carbons (Fsp3) is 0.333. The largest absolute Gasteiger partial charge is 0.336 e. The molecule has 6 nitrogen and oxygen atoms in total. The lowest BCUT2D eigenvalue weighted by molar-refractivity contribution is -0.133. The Morgan fingerprint density at radius 2 is 1.55 bits per heavy atom. The molecule has 154 valence electrons. The third-order valence-electron chi connectivity index (χ3n) is 4.51. The topological polar surface area (TPSA) is 70.6 Å². The fourth-order valence-corrected chi connectivity index (χ4v) is 5.88. The summed E-state index contributed by atoms with van der Waals surface area (Å²) in [6.45, 7) is 7.39. The van der Waals surface area contributed by atoms with Gasteiger partial charge in [-0.25, -0.2) is 17.7 Å². The van der Waals surface area contributed by atoms with Crippen molar-refractivity contribution in [3.8, 4) is 0 Å². The number of carbonyl (C=O) groups is 1. The van der Waals surface area contributed by atoms with E-state index in [1.54, 1.807) is 23.1 Å². The van der Waals surface area contributed by atoms with Gasteiger partial charge in [-0.3, -0.25) is 4.79 Å². The molecular weight excluding hydrogens is 406 g/mol. The number of hydrogen-bond donors (Lipinski definition) is 0. The highest BCUT2D eigenvalue weighted by atomic mass is 32.2. The molecule has 3 aromatic rings. The van der Waals surface area contributed by atoms with E-state index in [0.717, 1.165) is 9.01 Å². The van der Waals surface area contributed by atoms with Gasteiger partial charge in [0.05, 0.1) is 15.1 Å². The van der Waals surface area contributed by atoms with Crippen LogP contribution in [0.1, 0.15) is 27.7 Å². The van der Waals surface area contributed by atoms with Gasteiger partial charge in [0.25, 0.3) is 10.0 Å². The molecule has 0 N–H and O–H groups in total. The molecule has 0 atom stereocenters. The molecule has 1 aromatic heterocycles. The van der Waals surface area contributed by atoms with Crippen LogP contribution in [0, 0.1) is 0 Å². The van der Waals surface area contributed by atoms with Crippen molar-refractivity contribution in [3.63, 3.8) is 0 Å². The summed E-state index contributed by atoms with van der Waals surface area (Å²) in [7, 11) is -3.95. The van der Waals surface area contributed by atoms with Gasteiger partial charge in [0, 0.05) is 12.1 Å². The molecule has 0 fully saturated rings. The second-order valence-corrected chi connectivity index (χ2v) is 10.1. The summed E-state index contributed by atoms with van der Waals surface area (Å²) < 4.78 is 28.9. The number of fused-ring (bicyclic) bond motifs is 1. The molecule has 0 saturated heterocycles. The van der Waals surface area contributed by atoms with E-state index in [2.05, 4.69) is 4.98 Å². The zero-order valence-corrected chi connectivity index (χ0v) is 18.6. The summed E-state index contributed by atoms with van der Waals surface area (Å²) in [5.74, 6) is -0.256. The number of rotatable bonds is 7. The van der Waals surface area contributed by atoms with Crippen LogP contribution in [0.25, 0.3) is 10.2 Å². The van der Waals surface area contributed by atoms with Crippen molar-refractivity contribution in [2.75, 3.05) is 10.8 Å².